The lowest BCUT2D eigenvalue weighted by atomic mass is 10.0. The summed E-state index contributed by atoms with van der Waals surface area (Å²) in [5.41, 5.74) is 4.49. The van der Waals surface area contributed by atoms with Crippen molar-refractivity contribution in [2.75, 3.05) is 0 Å². The number of carboxylic acid groups (broad SMARTS) is 1. The van der Waals surface area contributed by atoms with E-state index in [2.05, 4.69) is 9.97 Å². The molecule has 0 amide bonds. The first-order valence-electron chi connectivity index (χ1n) is 5.66. The minimum absolute atomic E-state index is 0.00347. The van der Waals surface area contributed by atoms with Crippen LogP contribution in [-0.2, 0) is 11.2 Å². The molecule has 4 nitrogen and oxygen atoms in total. The number of aryl methyl sites for hydroxylation is 2. The first kappa shape index (κ1) is 12.2. The quantitative estimate of drug-likeness (QED) is 0.897. The molecule has 4 heteroatoms. The van der Waals surface area contributed by atoms with Crippen LogP contribution < -0.4 is 0 Å². The Hall–Kier alpha value is -2.23. The van der Waals surface area contributed by atoms with Crippen molar-refractivity contribution in [1.82, 2.24) is 9.97 Å². The van der Waals surface area contributed by atoms with Crippen molar-refractivity contribution in [3.63, 3.8) is 0 Å². The van der Waals surface area contributed by atoms with Gasteiger partial charge in [-0.25, -0.2) is 0 Å². The van der Waals surface area contributed by atoms with Crippen LogP contribution in [0.4, 0.5) is 0 Å². The Morgan fingerprint density at radius 1 is 1.28 bits per heavy atom. The molecule has 0 saturated heterocycles. The minimum atomic E-state index is -0.844. The Morgan fingerprint density at radius 2 is 2.06 bits per heavy atom. The summed E-state index contributed by atoms with van der Waals surface area (Å²) in [7, 11) is 0. The van der Waals surface area contributed by atoms with E-state index >= 15 is 0 Å². The summed E-state index contributed by atoms with van der Waals surface area (Å²) in [6, 6.07) is 5.73. The van der Waals surface area contributed by atoms with Crippen LogP contribution in [0.1, 0.15) is 16.8 Å². The number of carboxylic acids is 1. The standard InChI is InChI=1S/C14H14N2O2/c1-9-5-11(7-13(17)18)8-16-14(9)12-3-4-15-10(2)6-12/h3-6,8H,7H2,1-2H3,(H,17,18). The molecule has 18 heavy (non-hydrogen) atoms. The predicted octanol–water partition coefficient (Wildman–Crippen LogP) is 2.39. The summed E-state index contributed by atoms with van der Waals surface area (Å²) >= 11 is 0. The molecule has 92 valence electrons. The molecule has 0 saturated carbocycles. The summed E-state index contributed by atoms with van der Waals surface area (Å²) in [6.45, 7) is 3.86. The Bertz CT molecular complexity index is 594. The fourth-order valence-corrected chi connectivity index (χ4v) is 1.90. The summed E-state index contributed by atoms with van der Waals surface area (Å²) in [4.78, 5) is 19.1. The van der Waals surface area contributed by atoms with Crippen molar-refractivity contribution < 1.29 is 9.90 Å². The lowest BCUT2D eigenvalue weighted by Gasteiger charge is -2.07. The lowest BCUT2D eigenvalue weighted by molar-refractivity contribution is -0.136. The Morgan fingerprint density at radius 3 is 2.67 bits per heavy atom. The van der Waals surface area contributed by atoms with Crippen LogP contribution >= 0.6 is 0 Å². The monoisotopic (exact) mass is 242 g/mol. The van der Waals surface area contributed by atoms with Crippen molar-refractivity contribution in [2.24, 2.45) is 0 Å². The molecular weight excluding hydrogens is 228 g/mol. The highest BCUT2D eigenvalue weighted by molar-refractivity contribution is 5.71. The number of rotatable bonds is 3. The molecule has 2 heterocycles. The van der Waals surface area contributed by atoms with E-state index in [1.54, 1.807) is 12.4 Å². The van der Waals surface area contributed by atoms with E-state index in [0.717, 1.165) is 28.1 Å². The van der Waals surface area contributed by atoms with Gasteiger partial charge in [0.25, 0.3) is 0 Å². The molecule has 0 aliphatic carbocycles. The Kier molecular flexibility index (Phi) is 3.37. The summed E-state index contributed by atoms with van der Waals surface area (Å²) in [6.07, 6.45) is 3.37. The number of aromatic nitrogens is 2. The SMILES string of the molecule is Cc1cc(-c2ncc(CC(=O)O)cc2C)ccn1. The Labute approximate surface area is 105 Å². The highest BCUT2D eigenvalue weighted by Gasteiger charge is 2.07. The van der Waals surface area contributed by atoms with Crippen LogP contribution in [0.15, 0.2) is 30.6 Å². The molecule has 0 aromatic carbocycles. The molecular formula is C14H14N2O2. The van der Waals surface area contributed by atoms with Crippen molar-refractivity contribution in [3.05, 3.63) is 47.4 Å². The van der Waals surface area contributed by atoms with Crippen molar-refractivity contribution in [2.45, 2.75) is 20.3 Å². The van der Waals surface area contributed by atoms with Crippen LogP contribution in [0, 0.1) is 13.8 Å². The first-order chi connectivity index (χ1) is 8.56. The van der Waals surface area contributed by atoms with Gasteiger partial charge < -0.3 is 5.11 Å². The fourth-order valence-electron chi connectivity index (χ4n) is 1.90. The van der Waals surface area contributed by atoms with E-state index in [4.69, 9.17) is 5.11 Å². The number of hydrogen-bond donors (Lipinski definition) is 1. The third kappa shape index (κ3) is 2.71. The topological polar surface area (TPSA) is 63.1 Å². The number of nitrogens with zero attached hydrogens (tertiary/aromatic N) is 2. The van der Waals surface area contributed by atoms with E-state index in [1.807, 2.05) is 32.0 Å². The van der Waals surface area contributed by atoms with Gasteiger partial charge in [0.05, 0.1) is 12.1 Å². The van der Waals surface area contributed by atoms with Crippen molar-refractivity contribution in [3.8, 4) is 11.3 Å². The van der Waals surface area contributed by atoms with Gasteiger partial charge in [-0.3, -0.25) is 14.8 Å². The average Bonchev–Trinajstić information content (AvgIpc) is 2.28. The number of hydrogen-bond acceptors (Lipinski definition) is 3. The molecule has 0 aliphatic rings. The predicted molar refractivity (Wildman–Crippen MR) is 68.3 cm³/mol. The van der Waals surface area contributed by atoms with Crippen LogP contribution in [0.3, 0.4) is 0 Å². The molecule has 0 spiro atoms. The zero-order valence-electron chi connectivity index (χ0n) is 10.3. The summed E-state index contributed by atoms with van der Waals surface area (Å²) in [5.74, 6) is -0.844. The maximum atomic E-state index is 10.6. The normalized spacial score (nSPS) is 10.3. The lowest BCUT2D eigenvalue weighted by Crippen LogP contribution is -2.01. The molecule has 0 radical (unpaired) electrons. The van der Waals surface area contributed by atoms with Gasteiger partial charge in [-0.05, 0) is 37.1 Å². The van der Waals surface area contributed by atoms with E-state index in [-0.39, 0.29) is 6.42 Å². The second-order valence-electron chi connectivity index (χ2n) is 4.27. The zero-order valence-corrected chi connectivity index (χ0v) is 10.3. The molecule has 0 atom stereocenters. The van der Waals surface area contributed by atoms with E-state index in [1.165, 1.54) is 0 Å². The molecule has 2 aromatic heterocycles. The van der Waals surface area contributed by atoms with Crippen LogP contribution in [-0.4, -0.2) is 21.0 Å². The average molecular weight is 242 g/mol. The number of aliphatic carboxylic acids is 1. The summed E-state index contributed by atoms with van der Waals surface area (Å²) < 4.78 is 0. The van der Waals surface area contributed by atoms with Crippen molar-refractivity contribution in [1.29, 1.82) is 0 Å². The first-order valence-corrected chi connectivity index (χ1v) is 5.66. The number of pyridine rings is 2. The van der Waals surface area contributed by atoms with Crippen molar-refractivity contribution >= 4 is 5.97 Å². The molecule has 0 unspecified atom stereocenters. The molecule has 1 N–H and O–H groups in total. The van der Waals surface area contributed by atoms with E-state index in [0.29, 0.717) is 0 Å². The van der Waals surface area contributed by atoms with Crippen LogP contribution in [0.25, 0.3) is 11.3 Å². The molecule has 0 bridgehead atoms. The van der Waals surface area contributed by atoms with E-state index < -0.39 is 5.97 Å². The van der Waals surface area contributed by atoms with Crippen LogP contribution in [0.2, 0.25) is 0 Å². The zero-order chi connectivity index (χ0) is 13.1. The second kappa shape index (κ2) is 4.96. The molecule has 0 aliphatic heterocycles. The number of carbonyl (C=O) groups is 1. The summed E-state index contributed by atoms with van der Waals surface area (Å²) in [5, 5.41) is 8.74. The van der Waals surface area contributed by atoms with Gasteiger partial charge in [0, 0.05) is 23.7 Å². The van der Waals surface area contributed by atoms with Gasteiger partial charge in [-0.15, -0.1) is 0 Å². The molecule has 2 aromatic rings. The smallest absolute Gasteiger partial charge is 0.307 e. The van der Waals surface area contributed by atoms with Crippen LogP contribution in [0.5, 0.6) is 0 Å². The maximum Gasteiger partial charge on any atom is 0.307 e. The third-order valence-corrected chi connectivity index (χ3v) is 2.66. The second-order valence-corrected chi connectivity index (χ2v) is 4.27. The van der Waals surface area contributed by atoms with Gasteiger partial charge in [0.15, 0.2) is 0 Å². The largest absolute Gasteiger partial charge is 0.481 e. The highest BCUT2D eigenvalue weighted by Crippen LogP contribution is 2.21. The van der Waals surface area contributed by atoms with Gasteiger partial charge in [-0.1, -0.05) is 6.07 Å². The Balaban J connectivity index is 2.38. The third-order valence-electron chi connectivity index (χ3n) is 2.66. The maximum absolute atomic E-state index is 10.6. The molecule has 0 fully saturated rings. The van der Waals surface area contributed by atoms with Gasteiger partial charge in [0.1, 0.15) is 0 Å². The van der Waals surface area contributed by atoms with Gasteiger partial charge >= 0.3 is 5.97 Å². The minimum Gasteiger partial charge on any atom is -0.481 e. The van der Waals surface area contributed by atoms with E-state index in [9.17, 15) is 4.79 Å². The molecule has 2 rings (SSSR count). The fraction of sp³-hybridized carbons (Fsp3) is 0.214. The van der Waals surface area contributed by atoms with Gasteiger partial charge in [-0.2, -0.15) is 0 Å². The van der Waals surface area contributed by atoms with Gasteiger partial charge in [0.2, 0.25) is 0 Å². The highest BCUT2D eigenvalue weighted by atomic mass is 16.4.